The number of benzene rings is 1. The average Bonchev–Trinajstić information content (AvgIpc) is 2.61. The van der Waals surface area contributed by atoms with E-state index >= 15 is 0 Å². The Morgan fingerprint density at radius 3 is 2.55 bits per heavy atom. The molecule has 0 aliphatic rings. The fourth-order valence-corrected chi connectivity index (χ4v) is 2.83. The Morgan fingerprint density at radius 1 is 1.24 bits per heavy atom. The molecule has 0 aliphatic carbocycles. The lowest BCUT2D eigenvalue weighted by molar-refractivity contribution is -0.156. The molecule has 2 rings (SSSR count). The zero-order valence-electron chi connectivity index (χ0n) is 16.3. The lowest BCUT2D eigenvalue weighted by Crippen LogP contribution is -2.45. The molecule has 9 heteroatoms. The topological polar surface area (TPSA) is 94.5 Å². The SMILES string of the molecule is CC(C)(C)OC(=O)CC(NC(=O)Cn1ccc2ccc(Cl)cc2c1=O)C(=O)CF. The molecule has 0 radical (unpaired) electrons. The van der Waals surface area contributed by atoms with Crippen LogP contribution in [0.4, 0.5) is 4.39 Å². The third-order valence-electron chi connectivity index (χ3n) is 3.90. The highest BCUT2D eigenvalue weighted by atomic mass is 35.5. The van der Waals surface area contributed by atoms with E-state index in [2.05, 4.69) is 5.32 Å². The summed E-state index contributed by atoms with van der Waals surface area (Å²) < 4.78 is 19.1. The Hall–Kier alpha value is -2.74. The van der Waals surface area contributed by atoms with E-state index in [0.29, 0.717) is 15.8 Å². The van der Waals surface area contributed by atoms with E-state index in [4.69, 9.17) is 16.3 Å². The Bertz CT molecular complexity index is 997. The highest BCUT2D eigenvalue weighted by molar-refractivity contribution is 6.31. The lowest BCUT2D eigenvalue weighted by atomic mass is 10.1. The number of hydrogen-bond acceptors (Lipinski definition) is 5. The van der Waals surface area contributed by atoms with Crippen LogP contribution in [0.2, 0.25) is 5.02 Å². The number of rotatable bonds is 7. The van der Waals surface area contributed by atoms with Crippen molar-refractivity contribution in [1.29, 1.82) is 0 Å². The van der Waals surface area contributed by atoms with Gasteiger partial charge < -0.3 is 14.6 Å². The van der Waals surface area contributed by atoms with Crippen molar-refractivity contribution in [2.45, 2.75) is 45.4 Å². The molecule has 1 unspecified atom stereocenters. The summed E-state index contributed by atoms with van der Waals surface area (Å²) in [6.45, 7) is 3.18. The van der Waals surface area contributed by atoms with Gasteiger partial charge in [-0.3, -0.25) is 19.2 Å². The number of carbonyl (C=O) groups excluding carboxylic acids is 3. The number of amides is 1. The number of aromatic nitrogens is 1. The van der Waals surface area contributed by atoms with Crippen LogP contribution in [0.15, 0.2) is 35.3 Å². The summed E-state index contributed by atoms with van der Waals surface area (Å²) in [5.41, 5.74) is -1.23. The first-order valence-electron chi connectivity index (χ1n) is 8.89. The maximum Gasteiger partial charge on any atom is 0.308 e. The minimum atomic E-state index is -1.38. The molecular weight excluding hydrogens is 403 g/mol. The minimum absolute atomic E-state index is 0.331. The molecule has 2 aromatic rings. The van der Waals surface area contributed by atoms with E-state index in [9.17, 15) is 23.6 Å². The zero-order valence-corrected chi connectivity index (χ0v) is 17.1. The molecule has 1 heterocycles. The first-order valence-corrected chi connectivity index (χ1v) is 9.26. The number of alkyl halides is 1. The molecule has 1 N–H and O–H groups in total. The number of nitrogens with zero attached hydrogens (tertiary/aromatic N) is 1. The number of esters is 1. The van der Waals surface area contributed by atoms with Gasteiger partial charge in [-0.15, -0.1) is 0 Å². The molecule has 29 heavy (non-hydrogen) atoms. The fraction of sp³-hybridized carbons (Fsp3) is 0.400. The standard InChI is InChI=1S/C20H22ClFN2O5/c1-20(2,3)29-18(27)9-15(16(25)10-22)23-17(26)11-24-7-6-12-4-5-13(21)8-14(12)19(24)28/h4-8,15H,9-11H2,1-3H3,(H,23,26). The number of hydrogen-bond donors (Lipinski definition) is 1. The van der Waals surface area contributed by atoms with E-state index in [1.165, 1.54) is 12.3 Å². The number of fused-ring (bicyclic) bond motifs is 1. The van der Waals surface area contributed by atoms with Crippen molar-refractivity contribution in [1.82, 2.24) is 9.88 Å². The highest BCUT2D eigenvalue weighted by Crippen LogP contribution is 2.16. The number of nitrogens with one attached hydrogen (secondary N) is 1. The Labute approximate surface area is 171 Å². The van der Waals surface area contributed by atoms with Crippen LogP contribution in [-0.2, 0) is 25.7 Å². The Balaban J connectivity index is 2.15. The van der Waals surface area contributed by atoms with E-state index in [1.54, 1.807) is 39.0 Å². The van der Waals surface area contributed by atoms with Crippen molar-refractivity contribution in [3.05, 3.63) is 45.8 Å². The normalized spacial score (nSPS) is 12.4. The predicted molar refractivity (Wildman–Crippen MR) is 107 cm³/mol. The number of carbonyl (C=O) groups is 3. The first-order chi connectivity index (χ1) is 13.5. The van der Waals surface area contributed by atoms with E-state index in [1.807, 2.05) is 0 Å². The molecule has 0 saturated carbocycles. The van der Waals surface area contributed by atoms with Gasteiger partial charge in [0.2, 0.25) is 5.91 Å². The summed E-state index contributed by atoms with van der Waals surface area (Å²) in [5, 5.41) is 3.67. The van der Waals surface area contributed by atoms with Gasteiger partial charge in [-0.25, -0.2) is 4.39 Å². The summed E-state index contributed by atoms with van der Waals surface area (Å²) in [5.74, 6) is -2.42. The van der Waals surface area contributed by atoms with Crippen molar-refractivity contribution in [2.24, 2.45) is 0 Å². The van der Waals surface area contributed by atoms with Gasteiger partial charge in [-0.1, -0.05) is 17.7 Å². The molecule has 0 aliphatic heterocycles. The fourth-order valence-electron chi connectivity index (χ4n) is 2.66. The van der Waals surface area contributed by atoms with Crippen LogP contribution >= 0.6 is 11.6 Å². The smallest absolute Gasteiger partial charge is 0.308 e. The van der Waals surface area contributed by atoms with Crippen LogP contribution in [0.3, 0.4) is 0 Å². The lowest BCUT2D eigenvalue weighted by Gasteiger charge is -2.22. The maximum atomic E-state index is 12.9. The van der Waals surface area contributed by atoms with Crippen LogP contribution in [0, 0.1) is 0 Å². The molecule has 1 aromatic carbocycles. The van der Waals surface area contributed by atoms with E-state index < -0.39 is 54.5 Å². The minimum Gasteiger partial charge on any atom is -0.460 e. The molecule has 1 aromatic heterocycles. The van der Waals surface area contributed by atoms with E-state index in [0.717, 1.165) is 4.57 Å². The Morgan fingerprint density at radius 2 is 1.93 bits per heavy atom. The van der Waals surface area contributed by atoms with Gasteiger partial charge in [0.15, 0.2) is 5.78 Å². The molecule has 156 valence electrons. The van der Waals surface area contributed by atoms with Crippen LogP contribution in [0.5, 0.6) is 0 Å². The summed E-state index contributed by atoms with van der Waals surface area (Å²) in [7, 11) is 0. The Kier molecular flexibility index (Phi) is 7.13. The second-order valence-electron chi connectivity index (χ2n) is 7.49. The van der Waals surface area contributed by atoms with Gasteiger partial charge in [-0.2, -0.15) is 0 Å². The van der Waals surface area contributed by atoms with Gasteiger partial charge in [0, 0.05) is 16.6 Å². The second-order valence-corrected chi connectivity index (χ2v) is 7.93. The average molecular weight is 425 g/mol. The number of ketones is 1. The molecule has 0 bridgehead atoms. The van der Waals surface area contributed by atoms with Gasteiger partial charge in [0.05, 0.1) is 6.42 Å². The molecule has 7 nitrogen and oxygen atoms in total. The number of pyridine rings is 1. The third kappa shape index (κ3) is 6.39. The number of ether oxygens (including phenoxy) is 1. The predicted octanol–water partition coefficient (Wildman–Crippen LogP) is 2.41. The van der Waals surface area contributed by atoms with Gasteiger partial charge in [0.25, 0.3) is 5.56 Å². The van der Waals surface area contributed by atoms with Crippen LogP contribution in [0.25, 0.3) is 10.8 Å². The van der Waals surface area contributed by atoms with Crippen molar-refractivity contribution in [2.75, 3.05) is 6.67 Å². The quantitative estimate of drug-likeness (QED) is 0.689. The zero-order chi connectivity index (χ0) is 21.8. The van der Waals surface area contributed by atoms with Gasteiger partial charge >= 0.3 is 5.97 Å². The maximum absolute atomic E-state index is 12.9. The molecule has 1 amide bonds. The van der Waals surface area contributed by atoms with Crippen molar-refractivity contribution in [3.8, 4) is 0 Å². The van der Waals surface area contributed by atoms with Gasteiger partial charge in [-0.05, 0) is 44.4 Å². The highest BCUT2D eigenvalue weighted by Gasteiger charge is 2.27. The number of halogens is 2. The van der Waals surface area contributed by atoms with Gasteiger partial charge in [0.1, 0.15) is 24.9 Å². The summed E-state index contributed by atoms with van der Waals surface area (Å²) >= 11 is 5.92. The van der Waals surface area contributed by atoms with E-state index in [-0.39, 0.29) is 0 Å². The number of Topliss-reactive ketones (excluding diaryl/α,β-unsaturated/α-hetero) is 1. The summed E-state index contributed by atoms with van der Waals surface area (Å²) in [6, 6.07) is 5.08. The van der Waals surface area contributed by atoms with Crippen molar-refractivity contribution >= 4 is 40.0 Å². The summed E-state index contributed by atoms with van der Waals surface area (Å²) in [4.78, 5) is 48.6. The van der Waals surface area contributed by atoms with Crippen LogP contribution < -0.4 is 10.9 Å². The van der Waals surface area contributed by atoms with Crippen LogP contribution in [0.1, 0.15) is 27.2 Å². The van der Waals surface area contributed by atoms with Crippen molar-refractivity contribution < 1.29 is 23.5 Å². The second kappa shape index (κ2) is 9.17. The largest absolute Gasteiger partial charge is 0.460 e. The van der Waals surface area contributed by atoms with Crippen molar-refractivity contribution in [3.63, 3.8) is 0 Å². The first kappa shape index (κ1) is 22.5. The molecule has 1 atom stereocenters. The van der Waals surface area contributed by atoms with Crippen LogP contribution in [-0.4, -0.2) is 40.5 Å². The molecule has 0 saturated heterocycles. The molecule has 0 fully saturated rings. The molecule has 0 spiro atoms. The third-order valence-corrected chi connectivity index (χ3v) is 4.14. The monoisotopic (exact) mass is 424 g/mol. The summed E-state index contributed by atoms with van der Waals surface area (Å²) in [6.07, 6.45) is 0.923. The molecular formula is C20H22ClFN2O5.